The molecule has 1 aliphatic rings. The summed E-state index contributed by atoms with van der Waals surface area (Å²) in [6.45, 7) is 7.13. The Balaban J connectivity index is 1.73. The molecule has 0 aliphatic carbocycles. The summed E-state index contributed by atoms with van der Waals surface area (Å²) in [7, 11) is 1.63. The van der Waals surface area contributed by atoms with E-state index in [0.717, 1.165) is 41.0 Å². The van der Waals surface area contributed by atoms with Gasteiger partial charge in [0.05, 0.1) is 31.0 Å². The monoisotopic (exact) mass is 461 g/mol. The first-order valence-electron chi connectivity index (χ1n) is 11.7. The fourth-order valence-corrected chi connectivity index (χ4v) is 4.34. The first kappa shape index (κ1) is 23.5. The minimum Gasteiger partial charge on any atom is -0.497 e. The predicted octanol–water partition coefficient (Wildman–Crippen LogP) is 4.58. The van der Waals surface area contributed by atoms with Crippen LogP contribution in [-0.4, -0.2) is 53.4 Å². The van der Waals surface area contributed by atoms with E-state index >= 15 is 0 Å². The average molecular weight is 462 g/mol. The smallest absolute Gasteiger partial charge is 0.310 e. The highest BCUT2D eigenvalue weighted by Crippen LogP contribution is 2.28. The Morgan fingerprint density at radius 1 is 1.09 bits per heavy atom. The molecular weight excluding hydrogens is 430 g/mol. The van der Waals surface area contributed by atoms with Gasteiger partial charge in [-0.15, -0.1) is 0 Å². The Morgan fingerprint density at radius 3 is 2.56 bits per heavy atom. The summed E-state index contributed by atoms with van der Waals surface area (Å²) in [5, 5.41) is 4.84. The van der Waals surface area contributed by atoms with Gasteiger partial charge in [0.25, 0.3) is 5.91 Å². The highest BCUT2D eigenvalue weighted by Gasteiger charge is 2.32. The van der Waals surface area contributed by atoms with E-state index in [9.17, 15) is 9.59 Å². The van der Waals surface area contributed by atoms with Gasteiger partial charge < -0.3 is 14.4 Å². The third-order valence-electron chi connectivity index (χ3n) is 6.24. The van der Waals surface area contributed by atoms with Gasteiger partial charge in [-0.1, -0.05) is 12.1 Å². The molecule has 1 atom stereocenters. The van der Waals surface area contributed by atoms with Crippen molar-refractivity contribution < 1.29 is 19.1 Å². The second-order valence-corrected chi connectivity index (χ2v) is 8.69. The van der Waals surface area contributed by atoms with Crippen LogP contribution in [0.1, 0.15) is 41.4 Å². The van der Waals surface area contributed by atoms with Crippen LogP contribution in [0, 0.1) is 19.8 Å². The van der Waals surface area contributed by atoms with Crippen molar-refractivity contribution in [3.8, 4) is 22.7 Å². The van der Waals surface area contributed by atoms with E-state index in [2.05, 4.69) is 0 Å². The Labute approximate surface area is 200 Å². The van der Waals surface area contributed by atoms with Gasteiger partial charge in [0, 0.05) is 18.7 Å². The number of piperidine rings is 1. The lowest BCUT2D eigenvalue weighted by molar-refractivity contribution is -0.149. The molecule has 3 aromatic rings. The summed E-state index contributed by atoms with van der Waals surface area (Å²) >= 11 is 0. The topological polar surface area (TPSA) is 73.7 Å². The molecule has 0 N–H and O–H groups in total. The van der Waals surface area contributed by atoms with Crippen LogP contribution in [0.2, 0.25) is 0 Å². The number of aryl methyl sites for hydroxylation is 2. The molecule has 1 aliphatic heterocycles. The summed E-state index contributed by atoms with van der Waals surface area (Å²) in [5.41, 5.74) is 5.03. The Hall–Kier alpha value is -3.61. The quantitative estimate of drug-likeness (QED) is 0.503. The molecule has 1 saturated heterocycles. The van der Waals surface area contributed by atoms with Crippen LogP contribution in [0.25, 0.3) is 16.9 Å². The first-order valence-corrected chi connectivity index (χ1v) is 11.7. The number of likely N-dealkylation sites (tertiary alicyclic amines) is 1. The number of rotatable bonds is 6. The van der Waals surface area contributed by atoms with Crippen molar-refractivity contribution in [2.24, 2.45) is 5.92 Å². The fraction of sp³-hybridized carbons (Fsp3) is 0.370. The molecule has 2 heterocycles. The lowest BCUT2D eigenvalue weighted by Crippen LogP contribution is -2.43. The Kier molecular flexibility index (Phi) is 7.01. The van der Waals surface area contributed by atoms with Gasteiger partial charge in [0.2, 0.25) is 0 Å². The molecule has 1 amide bonds. The molecule has 7 heteroatoms. The molecule has 34 heavy (non-hydrogen) atoms. The standard InChI is InChI=1S/C27H31N3O4/c1-5-34-27(32)21-7-6-14-29(17-21)26(31)25-16-23(20-10-12-22(33-4)13-11-20)28-30(25)24-15-18(2)8-9-19(24)3/h8-13,15-16,21H,5-7,14,17H2,1-4H3. The van der Waals surface area contributed by atoms with E-state index < -0.39 is 0 Å². The number of carbonyl (C=O) groups excluding carboxylic acids is 2. The zero-order chi connectivity index (χ0) is 24.2. The molecule has 2 aromatic carbocycles. The Morgan fingerprint density at radius 2 is 1.85 bits per heavy atom. The number of ether oxygens (including phenoxy) is 2. The van der Waals surface area contributed by atoms with Gasteiger partial charge >= 0.3 is 5.97 Å². The molecule has 7 nitrogen and oxygen atoms in total. The summed E-state index contributed by atoms with van der Waals surface area (Å²) in [5.74, 6) is 0.0900. The number of amides is 1. The van der Waals surface area contributed by atoms with E-state index in [4.69, 9.17) is 14.6 Å². The SMILES string of the molecule is CCOC(=O)C1CCCN(C(=O)c2cc(-c3ccc(OC)cc3)nn2-c2cc(C)ccc2C)C1. The number of aromatic nitrogens is 2. The van der Waals surface area contributed by atoms with Crippen LogP contribution in [0.15, 0.2) is 48.5 Å². The number of benzene rings is 2. The maximum Gasteiger partial charge on any atom is 0.310 e. The molecule has 4 rings (SSSR count). The van der Waals surface area contributed by atoms with E-state index in [1.54, 1.807) is 23.6 Å². The van der Waals surface area contributed by atoms with E-state index in [1.807, 2.05) is 62.4 Å². The lowest BCUT2D eigenvalue weighted by Gasteiger charge is -2.31. The summed E-state index contributed by atoms with van der Waals surface area (Å²) in [6.07, 6.45) is 1.49. The van der Waals surface area contributed by atoms with Crippen LogP contribution >= 0.6 is 0 Å². The zero-order valence-electron chi connectivity index (χ0n) is 20.2. The highest BCUT2D eigenvalue weighted by molar-refractivity contribution is 5.95. The highest BCUT2D eigenvalue weighted by atomic mass is 16.5. The summed E-state index contributed by atoms with van der Waals surface area (Å²) in [6, 6.07) is 15.6. The number of hydrogen-bond acceptors (Lipinski definition) is 5. The van der Waals surface area contributed by atoms with Crippen molar-refractivity contribution in [1.29, 1.82) is 0 Å². The summed E-state index contributed by atoms with van der Waals surface area (Å²) in [4.78, 5) is 27.8. The largest absolute Gasteiger partial charge is 0.497 e. The number of carbonyl (C=O) groups is 2. The minimum absolute atomic E-state index is 0.137. The number of esters is 1. The van der Waals surface area contributed by atoms with Gasteiger partial charge in [-0.25, -0.2) is 4.68 Å². The predicted molar refractivity (Wildman–Crippen MR) is 130 cm³/mol. The van der Waals surface area contributed by atoms with Crippen LogP contribution < -0.4 is 4.74 Å². The van der Waals surface area contributed by atoms with Gasteiger partial charge in [-0.3, -0.25) is 9.59 Å². The van der Waals surface area contributed by atoms with Crippen molar-refractivity contribution >= 4 is 11.9 Å². The lowest BCUT2D eigenvalue weighted by atomic mass is 9.98. The minimum atomic E-state index is -0.296. The molecule has 178 valence electrons. The molecule has 1 fully saturated rings. The molecule has 0 bridgehead atoms. The van der Waals surface area contributed by atoms with Crippen LogP contribution in [0.4, 0.5) is 0 Å². The Bertz CT molecular complexity index is 1180. The van der Waals surface area contributed by atoms with Gasteiger partial charge in [0.1, 0.15) is 11.4 Å². The van der Waals surface area contributed by atoms with Crippen LogP contribution in [-0.2, 0) is 9.53 Å². The second-order valence-electron chi connectivity index (χ2n) is 8.69. The fourth-order valence-electron chi connectivity index (χ4n) is 4.34. The van der Waals surface area contributed by atoms with Gasteiger partial charge in [-0.2, -0.15) is 5.10 Å². The van der Waals surface area contributed by atoms with E-state index in [1.165, 1.54) is 0 Å². The number of methoxy groups -OCH3 is 1. The molecule has 0 saturated carbocycles. The third-order valence-corrected chi connectivity index (χ3v) is 6.24. The van der Waals surface area contributed by atoms with Crippen molar-refractivity contribution in [1.82, 2.24) is 14.7 Å². The van der Waals surface area contributed by atoms with Crippen molar-refractivity contribution in [3.63, 3.8) is 0 Å². The van der Waals surface area contributed by atoms with Gasteiger partial charge in [0.15, 0.2) is 0 Å². The van der Waals surface area contributed by atoms with E-state index in [0.29, 0.717) is 31.1 Å². The van der Waals surface area contributed by atoms with Gasteiger partial charge in [-0.05, 0) is 81.1 Å². The molecular formula is C27H31N3O4. The van der Waals surface area contributed by atoms with Crippen molar-refractivity contribution in [2.75, 3.05) is 26.8 Å². The van der Waals surface area contributed by atoms with Crippen molar-refractivity contribution in [3.05, 3.63) is 65.4 Å². The first-order chi connectivity index (χ1) is 16.4. The number of nitrogens with zero attached hydrogens (tertiary/aromatic N) is 3. The van der Waals surface area contributed by atoms with Crippen LogP contribution in [0.3, 0.4) is 0 Å². The molecule has 0 radical (unpaired) electrons. The summed E-state index contributed by atoms with van der Waals surface area (Å²) < 4.78 is 12.2. The maximum atomic E-state index is 13.8. The normalized spacial score (nSPS) is 15.8. The molecule has 1 unspecified atom stereocenters. The second kappa shape index (κ2) is 10.1. The molecule has 0 spiro atoms. The maximum absolute atomic E-state index is 13.8. The number of hydrogen-bond donors (Lipinski definition) is 0. The average Bonchev–Trinajstić information content (AvgIpc) is 3.30. The zero-order valence-corrected chi connectivity index (χ0v) is 20.2. The van der Waals surface area contributed by atoms with Crippen molar-refractivity contribution in [2.45, 2.75) is 33.6 Å². The van der Waals surface area contributed by atoms with Crippen LogP contribution in [0.5, 0.6) is 5.75 Å². The van der Waals surface area contributed by atoms with E-state index in [-0.39, 0.29) is 17.8 Å². The third kappa shape index (κ3) is 4.83. The molecule has 1 aromatic heterocycles.